The topological polar surface area (TPSA) is 70.5 Å². The number of thiazole rings is 1. The molecule has 3 aromatic rings. The van der Waals surface area contributed by atoms with E-state index in [2.05, 4.69) is 27.2 Å². The Morgan fingerprint density at radius 1 is 1.07 bits per heavy atom. The minimum atomic E-state index is -4.32. The van der Waals surface area contributed by atoms with Crippen molar-refractivity contribution in [1.82, 2.24) is 20.2 Å². The standard InChI is InChI=1S/C32H38F3N5OS/c1-21(29-20-38-30(42-29)5-3-4-22-6-10-26(11-7-22)32(33,34)35)39-31(41)27-18-25-9-8-23(12-15-36-28(25)19-37-27)24-13-16-40(2)17-14-24/h6-7,10-11,15,18-21,23-24H,3-5,8-9,12-14,16-17H2,1-2H3,(H,39,41). The van der Waals surface area contributed by atoms with Gasteiger partial charge in [0.2, 0.25) is 0 Å². The fraction of sp³-hybridized carbons (Fsp3) is 0.500. The molecule has 1 amide bonds. The van der Waals surface area contributed by atoms with Gasteiger partial charge in [0, 0.05) is 17.3 Å². The Kier molecular flexibility index (Phi) is 9.73. The van der Waals surface area contributed by atoms with Crippen LogP contribution in [0.2, 0.25) is 0 Å². The third kappa shape index (κ3) is 7.83. The molecule has 10 heteroatoms. The number of carbonyl (C=O) groups excluding carboxylic acids is 1. The van der Waals surface area contributed by atoms with Gasteiger partial charge in [-0.1, -0.05) is 12.1 Å². The van der Waals surface area contributed by atoms with Gasteiger partial charge in [0.1, 0.15) is 5.69 Å². The van der Waals surface area contributed by atoms with Crippen molar-refractivity contribution in [3.05, 3.63) is 75.0 Å². The highest BCUT2D eigenvalue weighted by molar-refractivity contribution is 7.11. The van der Waals surface area contributed by atoms with Crippen molar-refractivity contribution in [1.29, 1.82) is 0 Å². The Balaban J connectivity index is 1.13. The van der Waals surface area contributed by atoms with Crippen molar-refractivity contribution in [3.8, 4) is 0 Å². The van der Waals surface area contributed by atoms with Gasteiger partial charge in [0.15, 0.2) is 0 Å². The fourth-order valence-corrected chi connectivity index (χ4v) is 6.85. The number of likely N-dealkylation sites (tertiary alicyclic amines) is 1. The number of nitrogens with one attached hydrogen (secondary N) is 1. The molecule has 0 radical (unpaired) electrons. The SMILES string of the molecule is CC(NC(=O)c1cc2c(cn1)N=CCC(C1CCN(C)CC1)CC2)c1cnc(CCCc2ccc(C(F)(F)F)cc2)s1. The maximum absolute atomic E-state index is 13.1. The zero-order valence-electron chi connectivity index (χ0n) is 24.2. The van der Waals surface area contributed by atoms with E-state index in [0.29, 0.717) is 18.0 Å². The highest BCUT2D eigenvalue weighted by Crippen LogP contribution is 2.34. The summed E-state index contributed by atoms with van der Waals surface area (Å²) in [6.07, 6.45) is 8.85. The van der Waals surface area contributed by atoms with Gasteiger partial charge in [-0.2, -0.15) is 13.2 Å². The summed E-state index contributed by atoms with van der Waals surface area (Å²) >= 11 is 1.54. The molecule has 4 heterocycles. The molecule has 1 saturated heterocycles. The number of rotatable bonds is 8. The molecule has 2 aliphatic rings. The second kappa shape index (κ2) is 13.5. The minimum Gasteiger partial charge on any atom is -0.343 e. The summed E-state index contributed by atoms with van der Waals surface area (Å²) in [4.78, 5) is 30.1. The molecule has 0 spiro atoms. The van der Waals surface area contributed by atoms with Crippen molar-refractivity contribution < 1.29 is 18.0 Å². The molecule has 0 bridgehead atoms. The Morgan fingerprint density at radius 3 is 2.57 bits per heavy atom. The van der Waals surface area contributed by atoms with E-state index in [1.165, 1.54) is 25.0 Å². The zero-order valence-corrected chi connectivity index (χ0v) is 25.0. The number of aryl methyl sites for hydroxylation is 3. The van der Waals surface area contributed by atoms with Crippen molar-refractivity contribution in [2.75, 3.05) is 20.1 Å². The van der Waals surface area contributed by atoms with Crippen LogP contribution in [0.15, 0.2) is 47.7 Å². The Morgan fingerprint density at radius 2 is 1.83 bits per heavy atom. The lowest BCUT2D eigenvalue weighted by atomic mass is 9.79. The summed E-state index contributed by atoms with van der Waals surface area (Å²) in [5, 5.41) is 4.00. The first-order valence-electron chi connectivity index (χ1n) is 14.8. The smallest absolute Gasteiger partial charge is 0.343 e. The first kappa shape index (κ1) is 30.4. The van der Waals surface area contributed by atoms with E-state index in [4.69, 9.17) is 4.99 Å². The number of nitrogens with zero attached hydrogens (tertiary/aromatic N) is 4. The van der Waals surface area contributed by atoms with Crippen molar-refractivity contribution in [2.24, 2.45) is 16.8 Å². The van der Waals surface area contributed by atoms with Gasteiger partial charge in [-0.25, -0.2) is 9.97 Å². The molecule has 42 heavy (non-hydrogen) atoms. The second-order valence-electron chi connectivity index (χ2n) is 11.6. The van der Waals surface area contributed by atoms with Crippen LogP contribution in [0.5, 0.6) is 0 Å². The van der Waals surface area contributed by atoms with Gasteiger partial charge < -0.3 is 10.2 Å². The summed E-state index contributed by atoms with van der Waals surface area (Å²) in [6, 6.07) is 6.99. The number of benzene rings is 1. The maximum atomic E-state index is 13.1. The second-order valence-corrected chi connectivity index (χ2v) is 12.7. The van der Waals surface area contributed by atoms with Gasteiger partial charge in [0.25, 0.3) is 5.91 Å². The van der Waals surface area contributed by atoms with Crippen LogP contribution < -0.4 is 5.32 Å². The number of aromatic nitrogens is 2. The molecular formula is C32H38F3N5OS. The van der Waals surface area contributed by atoms with Crippen LogP contribution in [0, 0.1) is 11.8 Å². The van der Waals surface area contributed by atoms with E-state index in [1.54, 1.807) is 23.7 Å². The van der Waals surface area contributed by atoms with Crippen LogP contribution in [0.3, 0.4) is 0 Å². The van der Waals surface area contributed by atoms with Crippen LogP contribution in [-0.4, -0.2) is 47.1 Å². The molecule has 5 rings (SSSR count). The number of carbonyl (C=O) groups is 1. The number of hydrogen-bond acceptors (Lipinski definition) is 6. The minimum absolute atomic E-state index is 0.222. The van der Waals surface area contributed by atoms with Gasteiger partial charge >= 0.3 is 6.18 Å². The van der Waals surface area contributed by atoms with Crippen molar-refractivity contribution >= 4 is 29.1 Å². The molecule has 224 valence electrons. The monoisotopic (exact) mass is 597 g/mol. The third-order valence-electron chi connectivity index (χ3n) is 8.53. The average molecular weight is 598 g/mol. The first-order chi connectivity index (χ1) is 20.2. The molecule has 0 aliphatic carbocycles. The number of amides is 1. The number of pyridine rings is 1. The molecule has 0 saturated carbocycles. The number of aliphatic imine (C=N–C) groups is 1. The average Bonchev–Trinajstić information content (AvgIpc) is 3.43. The van der Waals surface area contributed by atoms with Crippen LogP contribution in [-0.2, 0) is 25.4 Å². The van der Waals surface area contributed by atoms with Gasteiger partial charge in [-0.05, 0) is 120 Å². The largest absolute Gasteiger partial charge is 0.416 e. The number of hydrogen-bond donors (Lipinski definition) is 1. The van der Waals surface area contributed by atoms with Crippen molar-refractivity contribution in [2.45, 2.75) is 70.5 Å². The van der Waals surface area contributed by atoms with E-state index in [1.807, 2.05) is 19.2 Å². The Bertz CT molecular complexity index is 1380. The predicted molar refractivity (Wildman–Crippen MR) is 161 cm³/mol. The van der Waals surface area contributed by atoms with Crippen LogP contribution >= 0.6 is 11.3 Å². The van der Waals surface area contributed by atoms with Crippen LogP contribution in [0.25, 0.3) is 0 Å². The quantitative estimate of drug-likeness (QED) is 0.298. The predicted octanol–water partition coefficient (Wildman–Crippen LogP) is 7.22. The number of alkyl halides is 3. The number of halogens is 3. The van der Waals surface area contributed by atoms with E-state index < -0.39 is 11.7 Å². The molecule has 2 unspecified atom stereocenters. The normalized spacial score (nSPS) is 19.1. The number of fused-ring (bicyclic) bond motifs is 1. The summed E-state index contributed by atoms with van der Waals surface area (Å²) in [5.74, 6) is 1.13. The molecule has 1 fully saturated rings. The molecular weight excluding hydrogens is 559 g/mol. The summed E-state index contributed by atoms with van der Waals surface area (Å²) in [7, 11) is 2.19. The number of piperidine rings is 1. The third-order valence-corrected chi connectivity index (χ3v) is 9.77. The highest BCUT2D eigenvalue weighted by Gasteiger charge is 2.30. The van der Waals surface area contributed by atoms with E-state index in [-0.39, 0.29) is 11.9 Å². The summed E-state index contributed by atoms with van der Waals surface area (Å²) < 4.78 is 38.3. The summed E-state index contributed by atoms with van der Waals surface area (Å²) in [5.41, 5.74) is 2.56. The van der Waals surface area contributed by atoms with E-state index in [0.717, 1.165) is 89.9 Å². The molecule has 1 aromatic carbocycles. The maximum Gasteiger partial charge on any atom is 0.416 e. The van der Waals surface area contributed by atoms with E-state index in [9.17, 15) is 18.0 Å². The molecule has 1 N–H and O–H groups in total. The highest BCUT2D eigenvalue weighted by atomic mass is 32.1. The van der Waals surface area contributed by atoms with Crippen LogP contribution in [0.1, 0.15) is 82.1 Å². The Labute approximate surface area is 249 Å². The zero-order chi connectivity index (χ0) is 29.7. The van der Waals surface area contributed by atoms with E-state index >= 15 is 0 Å². The molecule has 6 nitrogen and oxygen atoms in total. The van der Waals surface area contributed by atoms with Gasteiger partial charge in [-0.3, -0.25) is 9.79 Å². The van der Waals surface area contributed by atoms with Crippen LogP contribution in [0.4, 0.5) is 18.9 Å². The summed E-state index contributed by atoms with van der Waals surface area (Å²) in [6.45, 7) is 4.25. The Hall–Kier alpha value is -3.11. The lowest BCUT2D eigenvalue weighted by molar-refractivity contribution is -0.137. The molecule has 2 aromatic heterocycles. The first-order valence-corrected chi connectivity index (χ1v) is 15.6. The lowest BCUT2D eigenvalue weighted by Crippen LogP contribution is -2.33. The van der Waals surface area contributed by atoms with Crippen molar-refractivity contribution in [3.63, 3.8) is 0 Å². The molecule has 2 aliphatic heterocycles. The molecule has 2 atom stereocenters. The van der Waals surface area contributed by atoms with Gasteiger partial charge in [-0.15, -0.1) is 11.3 Å². The fourth-order valence-electron chi connectivity index (χ4n) is 5.89. The lowest BCUT2D eigenvalue weighted by Gasteiger charge is -2.34. The van der Waals surface area contributed by atoms with Gasteiger partial charge in [0.05, 0.1) is 28.5 Å².